The Balaban J connectivity index is 3.06. The van der Waals surface area contributed by atoms with Crippen molar-refractivity contribution in [1.29, 1.82) is 0 Å². The molecule has 7 heteroatoms. The minimum absolute atomic E-state index is 0.0358. The Morgan fingerprint density at radius 1 is 1.45 bits per heavy atom. The van der Waals surface area contributed by atoms with Gasteiger partial charge in [0.05, 0.1) is 11.5 Å². The minimum Gasteiger partial charge on any atom is -0.392 e. The second-order valence-corrected chi connectivity index (χ2v) is 6.35. The van der Waals surface area contributed by atoms with Gasteiger partial charge in [-0.1, -0.05) is 0 Å². The van der Waals surface area contributed by atoms with Crippen LogP contribution in [0.3, 0.4) is 0 Å². The van der Waals surface area contributed by atoms with E-state index in [1.165, 1.54) is 20.1 Å². The van der Waals surface area contributed by atoms with Crippen LogP contribution in [0.25, 0.3) is 0 Å². The first-order valence-corrected chi connectivity index (χ1v) is 7.71. The van der Waals surface area contributed by atoms with Crippen LogP contribution < -0.4 is 4.72 Å². The number of sulfonamides is 1. The minimum atomic E-state index is -3.83. The Morgan fingerprint density at radius 3 is 2.65 bits per heavy atom. The zero-order valence-electron chi connectivity index (χ0n) is 11.8. The predicted octanol–water partition coefficient (Wildman–Crippen LogP) is 1.33. The lowest BCUT2D eigenvalue weighted by Gasteiger charge is -2.16. The van der Waals surface area contributed by atoms with Gasteiger partial charge in [0, 0.05) is 25.3 Å². The molecule has 114 valence electrons. The van der Waals surface area contributed by atoms with Crippen LogP contribution in [-0.2, 0) is 21.4 Å². The molecule has 1 aromatic rings. The molecule has 1 aromatic carbocycles. The number of ether oxygens (including phenoxy) is 1. The van der Waals surface area contributed by atoms with Crippen molar-refractivity contribution in [3.05, 3.63) is 29.1 Å². The maximum Gasteiger partial charge on any atom is 0.241 e. The molecule has 0 aliphatic heterocycles. The maximum absolute atomic E-state index is 13.7. The van der Waals surface area contributed by atoms with Crippen LogP contribution in [0.5, 0.6) is 0 Å². The summed E-state index contributed by atoms with van der Waals surface area (Å²) in [6.07, 6.45) is 0.511. The molecule has 0 fully saturated rings. The first-order chi connectivity index (χ1) is 9.31. The van der Waals surface area contributed by atoms with E-state index in [0.29, 0.717) is 13.0 Å². The van der Waals surface area contributed by atoms with Crippen molar-refractivity contribution >= 4 is 10.0 Å². The lowest BCUT2D eigenvalue weighted by Crippen LogP contribution is -2.34. The van der Waals surface area contributed by atoms with Crippen LogP contribution in [0.2, 0.25) is 0 Å². The third kappa shape index (κ3) is 4.24. The van der Waals surface area contributed by atoms with Crippen molar-refractivity contribution < 1.29 is 22.7 Å². The molecule has 5 nitrogen and oxygen atoms in total. The van der Waals surface area contributed by atoms with E-state index < -0.39 is 22.4 Å². The van der Waals surface area contributed by atoms with Crippen molar-refractivity contribution in [2.45, 2.75) is 37.8 Å². The van der Waals surface area contributed by atoms with Gasteiger partial charge in [0.2, 0.25) is 10.0 Å². The number of methoxy groups -OCH3 is 1. The summed E-state index contributed by atoms with van der Waals surface area (Å²) in [5, 5.41) is 9.04. The van der Waals surface area contributed by atoms with Crippen molar-refractivity contribution in [3.63, 3.8) is 0 Å². The summed E-state index contributed by atoms with van der Waals surface area (Å²) in [5.41, 5.74) is 0.256. The first kappa shape index (κ1) is 17.0. The zero-order chi connectivity index (χ0) is 15.3. The van der Waals surface area contributed by atoms with E-state index in [0.717, 1.165) is 6.07 Å². The molecule has 0 bridgehead atoms. The number of aliphatic hydroxyl groups is 1. The Morgan fingerprint density at radius 2 is 2.10 bits per heavy atom. The van der Waals surface area contributed by atoms with Gasteiger partial charge in [-0.3, -0.25) is 0 Å². The van der Waals surface area contributed by atoms with Crippen LogP contribution in [0.1, 0.15) is 24.5 Å². The highest BCUT2D eigenvalue weighted by molar-refractivity contribution is 7.89. The summed E-state index contributed by atoms with van der Waals surface area (Å²) in [6, 6.07) is 2.08. The summed E-state index contributed by atoms with van der Waals surface area (Å²) in [7, 11) is -2.30. The standard InChI is InChI=1S/C13H20FNO4S/c1-9(4-5-19-3)15-20(17,18)13-7-11(8-16)6-12(14)10(13)2/h6-7,9,15-16H,4-5,8H2,1-3H3. The number of benzene rings is 1. The molecule has 0 spiro atoms. The molecule has 0 aromatic heterocycles. The lowest BCUT2D eigenvalue weighted by atomic mass is 10.1. The van der Waals surface area contributed by atoms with Crippen molar-refractivity contribution in [1.82, 2.24) is 4.72 Å². The molecular formula is C13H20FNO4S. The van der Waals surface area contributed by atoms with Gasteiger partial charge in [0.25, 0.3) is 0 Å². The van der Waals surface area contributed by atoms with Crippen LogP contribution in [0, 0.1) is 12.7 Å². The van der Waals surface area contributed by atoms with Gasteiger partial charge in [-0.05, 0) is 38.0 Å². The van der Waals surface area contributed by atoms with Gasteiger partial charge in [-0.25, -0.2) is 17.5 Å². The number of hydrogen-bond donors (Lipinski definition) is 2. The maximum atomic E-state index is 13.7. The van der Waals surface area contributed by atoms with Gasteiger partial charge in [-0.15, -0.1) is 0 Å². The fraction of sp³-hybridized carbons (Fsp3) is 0.538. The SMILES string of the molecule is COCCC(C)NS(=O)(=O)c1cc(CO)cc(F)c1C. The summed E-state index contributed by atoms with van der Waals surface area (Å²) >= 11 is 0. The third-order valence-corrected chi connectivity index (χ3v) is 4.66. The van der Waals surface area contributed by atoms with E-state index in [9.17, 15) is 12.8 Å². The van der Waals surface area contributed by atoms with E-state index in [-0.39, 0.29) is 22.1 Å². The molecule has 0 radical (unpaired) electrons. The highest BCUT2D eigenvalue weighted by atomic mass is 32.2. The third-order valence-electron chi connectivity index (χ3n) is 2.94. The van der Waals surface area contributed by atoms with Gasteiger partial charge in [0.1, 0.15) is 5.82 Å². The van der Waals surface area contributed by atoms with Crippen LogP contribution in [0.4, 0.5) is 4.39 Å². The highest BCUT2D eigenvalue weighted by Crippen LogP contribution is 2.21. The van der Waals surface area contributed by atoms with E-state index >= 15 is 0 Å². The number of hydrogen-bond acceptors (Lipinski definition) is 4. The molecular weight excluding hydrogens is 285 g/mol. The van der Waals surface area contributed by atoms with E-state index in [4.69, 9.17) is 9.84 Å². The Labute approximate surface area is 118 Å². The number of nitrogens with one attached hydrogen (secondary N) is 1. The number of rotatable bonds is 7. The quantitative estimate of drug-likeness (QED) is 0.797. The Kier molecular flexibility index (Phi) is 6.07. The Hall–Kier alpha value is -1.02. The fourth-order valence-electron chi connectivity index (χ4n) is 1.76. The number of aliphatic hydroxyl groups excluding tert-OH is 1. The molecule has 1 rings (SSSR count). The average molecular weight is 305 g/mol. The van der Waals surface area contributed by atoms with Gasteiger partial charge in [-0.2, -0.15) is 0 Å². The van der Waals surface area contributed by atoms with Crippen LogP contribution in [-0.4, -0.2) is 33.3 Å². The monoisotopic (exact) mass is 305 g/mol. The molecule has 2 N–H and O–H groups in total. The van der Waals surface area contributed by atoms with Crippen molar-refractivity contribution in [2.75, 3.05) is 13.7 Å². The summed E-state index contributed by atoms with van der Waals surface area (Å²) in [6.45, 7) is 3.11. The van der Waals surface area contributed by atoms with Gasteiger partial charge < -0.3 is 9.84 Å². The summed E-state index contributed by atoms with van der Waals surface area (Å²) in [5.74, 6) is -0.651. The molecule has 1 atom stereocenters. The normalized spacial score (nSPS) is 13.4. The lowest BCUT2D eigenvalue weighted by molar-refractivity contribution is 0.188. The smallest absolute Gasteiger partial charge is 0.241 e. The molecule has 1 unspecified atom stereocenters. The molecule has 0 aliphatic carbocycles. The average Bonchev–Trinajstić information content (AvgIpc) is 2.38. The topological polar surface area (TPSA) is 75.6 Å². The van der Waals surface area contributed by atoms with Gasteiger partial charge in [0.15, 0.2) is 0 Å². The number of halogens is 1. The highest BCUT2D eigenvalue weighted by Gasteiger charge is 2.22. The molecule has 0 heterocycles. The molecule has 20 heavy (non-hydrogen) atoms. The van der Waals surface area contributed by atoms with Crippen molar-refractivity contribution in [2.24, 2.45) is 0 Å². The first-order valence-electron chi connectivity index (χ1n) is 6.23. The molecule has 0 aliphatic rings. The summed E-state index contributed by atoms with van der Waals surface area (Å²) in [4.78, 5) is -0.147. The predicted molar refractivity (Wildman–Crippen MR) is 73.3 cm³/mol. The zero-order valence-corrected chi connectivity index (χ0v) is 12.6. The second-order valence-electron chi connectivity index (χ2n) is 4.66. The van der Waals surface area contributed by atoms with Gasteiger partial charge >= 0.3 is 0 Å². The molecule has 0 saturated carbocycles. The van der Waals surface area contributed by atoms with Crippen molar-refractivity contribution in [3.8, 4) is 0 Å². The summed E-state index contributed by atoms with van der Waals surface area (Å²) < 4.78 is 45.5. The Bertz CT molecular complexity index is 560. The molecule has 0 amide bonds. The molecule has 0 saturated heterocycles. The largest absolute Gasteiger partial charge is 0.392 e. The van der Waals surface area contributed by atoms with Crippen LogP contribution in [0.15, 0.2) is 17.0 Å². The van der Waals surface area contributed by atoms with E-state index in [2.05, 4.69) is 4.72 Å². The van der Waals surface area contributed by atoms with E-state index in [1.54, 1.807) is 6.92 Å². The fourth-order valence-corrected chi connectivity index (χ4v) is 3.34. The second kappa shape index (κ2) is 7.12. The van der Waals surface area contributed by atoms with E-state index in [1.807, 2.05) is 0 Å². The van der Waals surface area contributed by atoms with Crippen LogP contribution >= 0.6 is 0 Å².